The van der Waals surface area contributed by atoms with Crippen LogP contribution in [0, 0.1) is 10.1 Å². The van der Waals surface area contributed by atoms with E-state index in [1.54, 1.807) is 6.92 Å². The Labute approximate surface area is 195 Å². The summed E-state index contributed by atoms with van der Waals surface area (Å²) in [7, 11) is 0. The van der Waals surface area contributed by atoms with Crippen molar-refractivity contribution in [3.8, 4) is 0 Å². The normalized spacial score (nSPS) is 11.5. The Kier molecular flexibility index (Phi) is 6.35. The van der Waals surface area contributed by atoms with Crippen LogP contribution in [-0.4, -0.2) is 27.0 Å². The number of benzene rings is 3. The highest BCUT2D eigenvalue weighted by Crippen LogP contribution is 2.31. The van der Waals surface area contributed by atoms with Gasteiger partial charge < -0.3 is 9.88 Å². The van der Waals surface area contributed by atoms with Gasteiger partial charge in [0.1, 0.15) is 0 Å². The van der Waals surface area contributed by atoms with Crippen LogP contribution in [0.2, 0.25) is 0 Å². The average molecular weight is 457 g/mol. The summed E-state index contributed by atoms with van der Waals surface area (Å²) in [4.78, 5) is 35.0. The maximum Gasteiger partial charge on any atom is 0.271 e. The van der Waals surface area contributed by atoms with E-state index >= 15 is 0 Å². The molecule has 3 aromatic carbocycles. The van der Waals surface area contributed by atoms with Gasteiger partial charge in [-0.15, -0.1) is 0 Å². The maximum absolute atomic E-state index is 12.5. The fourth-order valence-corrected chi connectivity index (χ4v) is 3.92. The lowest BCUT2D eigenvalue weighted by atomic mass is 10.1. The topological polar surface area (TPSA) is 119 Å². The number of anilines is 1. The SMILES string of the molecule is CCn1c2ccccc2c2cc(NC(=O)C/C(C)=N/NC(=O)c3cccc([N+](=O)[O-])c3)ccc21. The minimum Gasteiger partial charge on any atom is -0.341 e. The van der Waals surface area contributed by atoms with E-state index in [1.807, 2.05) is 30.3 Å². The molecule has 4 rings (SSSR count). The summed E-state index contributed by atoms with van der Waals surface area (Å²) in [6, 6.07) is 19.3. The third-order valence-corrected chi connectivity index (χ3v) is 5.46. The number of aryl methyl sites for hydroxylation is 1. The van der Waals surface area contributed by atoms with Gasteiger partial charge in [0.25, 0.3) is 11.6 Å². The smallest absolute Gasteiger partial charge is 0.271 e. The summed E-state index contributed by atoms with van der Waals surface area (Å²) >= 11 is 0. The molecule has 2 N–H and O–H groups in total. The van der Waals surface area contributed by atoms with Crippen LogP contribution >= 0.6 is 0 Å². The van der Waals surface area contributed by atoms with Crippen molar-refractivity contribution in [1.29, 1.82) is 0 Å². The monoisotopic (exact) mass is 457 g/mol. The van der Waals surface area contributed by atoms with Crippen molar-refractivity contribution in [3.05, 3.63) is 82.4 Å². The Hall–Kier alpha value is -4.53. The van der Waals surface area contributed by atoms with Crippen molar-refractivity contribution in [2.24, 2.45) is 5.10 Å². The molecule has 0 radical (unpaired) electrons. The molecular formula is C25H23N5O4. The van der Waals surface area contributed by atoms with Crippen molar-refractivity contribution < 1.29 is 14.5 Å². The number of amides is 2. The second-order valence-electron chi connectivity index (χ2n) is 7.81. The van der Waals surface area contributed by atoms with E-state index in [1.165, 1.54) is 24.3 Å². The summed E-state index contributed by atoms with van der Waals surface area (Å²) < 4.78 is 2.23. The van der Waals surface area contributed by atoms with Gasteiger partial charge in [-0.05, 0) is 44.2 Å². The number of nitro benzene ring substituents is 1. The van der Waals surface area contributed by atoms with E-state index in [4.69, 9.17) is 0 Å². The molecule has 0 aliphatic rings. The molecular weight excluding hydrogens is 434 g/mol. The summed E-state index contributed by atoms with van der Waals surface area (Å²) in [5.74, 6) is -0.870. The highest BCUT2D eigenvalue weighted by molar-refractivity contribution is 6.11. The number of nitrogens with zero attached hydrogens (tertiary/aromatic N) is 3. The molecule has 9 heteroatoms. The highest BCUT2D eigenvalue weighted by atomic mass is 16.6. The molecule has 9 nitrogen and oxygen atoms in total. The van der Waals surface area contributed by atoms with Crippen LogP contribution in [0.1, 0.15) is 30.6 Å². The molecule has 34 heavy (non-hydrogen) atoms. The summed E-state index contributed by atoms with van der Waals surface area (Å²) in [5.41, 5.74) is 5.55. The molecule has 0 saturated heterocycles. The summed E-state index contributed by atoms with van der Waals surface area (Å²) in [6.07, 6.45) is -0.0238. The minimum absolute atomic E-state index is 0.0238. The van der Waals surface area contributed by atoms with E-state index in [9.17, 15) is 19.7 Å². The summed E-state index contributed by atoms with van der Waals surface area (Å²) in [5, 5.41) is 19.9. The van der Waals surface area contributed by atoms with Gasteiger partial charge in [0.2, 0.25) is 5.91 Å². The number of nitro groups is 1. The Morgan fingerprint density at radius 1 is 1.00 bits per heavy atom. The maximum atomic E-state index is 12.5. The number of aromatic nitrogens is 1. The number of carbonyl (C=O) groups is 2. The number of fused-ring (bicyclic) bond motifs is 3. The first-order chi connectivity index (χ1) is 16.4. The molecule has 0 aliphatic heterocycles. The quantitative estimate of drug-likeness (QED) is 0.234. The molecule has 0 unspecified atom stereocenters. The van der Waals surface area contributed by atoms with E-state index in [0.717, 1.165) is 28.4 Å². The Morgan fingerprint density at radius 2 is 1.76 bits per heavy atom. The Bertz CT molecular complexity index is 1450. The molecule has 2 amide bonds. The van der Waals surface area contributed by atoms with Gasteiger partial charge in [0.05, 0.1) is 11.3 Å². The first-order valence-electron chi connectivity index (χ1n) is 10.8. The van der Waals surface area contributed by atoms with Crippen LogP contribution in [0.3, 0.4) is 0 Å². The highest BCUT2D eigenvalue weighted by Gasteiger charge is 2.13. The van der Waals surface area contributed by atoms with E-state index in [2.05, 4.69) is 39.5 Å². The molecule has 0 aliphatic carbocycles. The lowest BCUT2D eigenvalue weighted by Crippen LogP contribution is -2.21. The predicted octanol–water partition coefficient (Wildman–Crippen LogP) is 4.86. The third kappa shape index (κ3) is 4.63. The van der Waals surface area contributed by atoms with Crippen molar-refractivity contribution in [3.63, 3.8) is 0 Å². The van der Waals surface area contributed by atoms with Gasteiger partial charge in [-0.2, -0.15) is 5.10 Å². The zero-order chi connectivity index (χ0) is 24.2. The fourth-order valence-electron chi connectivity index (χ4n) is 3.92. The van der Waals surface area contributed by atoms with Gasteiger partial charge in [-0.3, -0.25) is 19.7 Å². The molecule has 0 spiro atoms. The number of hydrazone groups is 1. The molecule has 0 bridgehead atoms. The standard InChI is InChI=1S/C25H23N5O4/c1-3-29-22-10-5-4-9-20(22)21-15-18(11-12-23(21)29)26-24(31)13-16(2)27-28-25(32)17-7-6-8-19(14-17)30(33)34/h4-12,14-15H,3,13H2,1-2H3,(H,26,31)(H,28,32)/b27-16+. The number of non-ortho nitro benzene ring substituents is 1. The van der Waals surface area contributed by atoms with Gasteiger partial charge in [-0.25, -0.2) is 5.43 Å². The zero-order valence-electron chi connectivity index (χ0n) is 18.7. The lowest BCUT2D eigenvalue weighted by Gasteiger charge is -2.07. The van der Waals surface area contributed by atoms with Crippen LogP contribution in [0.15, 0.2) is 71.8 Å². The second kappa shape index (κ2) is 9.53. The fraction of sp³-hybridized carbons (Fsp3) is 0.160. The van der Waals surface area contributed by atoms with Crippen LogP contribution < -0.4 is 10.7 Å². The van der Waals surface area contributed by atoms with Crippen LogP contribution in [0.5, 0.6) is 0 Å². The molecule has 172 valence electrons. The van der Waals surface area contributed by atoms with Crippen LogP contribution in [0.4, 0.5) is 11.4 Å². The first kappa shape index (κ1) is 22.7. The molecule has 0 saturated carbocycles. The number of hydrogen-bond donors (Lipinski definition) is 2. The first-order valence-corrected chi connectivity index (χ1v) is 10.8. The Morgan fingerprint density at radius 3 is 2.53 bits per heavy atom. The molecule has 1 aromatic heterocycles. The van der Waals surface area contributed by atoms with Crippen LogP contribution in [-0.2, 0) is 11.3 Å². The van der Waals surface area contributed by atoms with Crippen LogP contribution in [0.25, 0.3) is 21.8 Å². The lowest BCUT2D eigenvalue weighted by molar-refractivity contribution is -0.384. The average Bonchev–Trinajstić information content (AvgIpc) is 3.15. The largest absolute Gasteiger partial charge is 0.341 e. The number of hydrogen-bond acceptors (Lipinski definition) is 5. The Balaban J connectivity index is 1.43. The number of rotatable bonds is 7. The van der Waals surface area contributed by atoms with Crippen molar-refractivity contribution in [1.82, 2.24) is 9.99 Å². The van der Waals surface area contributed by atoms with E-state index in [0.29, 0.717) is 11.4 Å². The van der Waals surface area contributed by atoms with Gasteiger partial charge in [0.15, 0.2) is 0 Å². The number of carbonyl (C=O) groups excluding carboxylic acids is 2. The van der Waals surface area contributed by atoms with Gasteiger partial charge in [-0.1, -0.05) is 24.3 Å². The number of nitrogens with one attached hydrogen (secondary N) is 2. The number of para-hydroxylation sites is 1. The van der Waals surface area contributed by atoms with E-state index < -0.39 is 10.8 Å². The van der Waals surface area contributed by atoms with E-state index in [-0.39, 0.29) is 23.6 Å². The molecule has 4 aromatic rings. The van der Waals surface area contributed by atoms with Crippen molar-refractivity contribution in [2.45, 2.75) is 26.8 Å². The molecule has 0 fully saturated rings. The predicted molar refractivity (Wildman–Crippen MR) is 132 cm³/mol. The van der Waals surface area contributed by atoms with Gasteiger partial charge in [0, 0.05) is 57.4 Å². The molecule has 0 atom stereocenters. The van der Waals surface area contributed by atoms with Gasteiger partial charge >= 0.3 is 0 Å². The third-order valence-electron chi connectivity index (χ3n) is 5.46. The zero-order valence-corrected chi connectivity index (χ0v) is 18.7. The summed E-state index contributed by atoms with van der Waals surface area (Å²) in [6.45, 7) is 4.56. The minimum atomic E-state index is -0.596. The molecule has 1 heterocycles. The van der Waals surface area contributed by atoms with Crippen molar-refractivity contribution in [2.75, 3.05) is 5.32 Å². The van der Waals surface area contributed by atoms with Crippen molar-refractivity contribution >= 4 is 50.7 Å². The second-order valence-corrected chi connectivity index (χ2v) is 7.81.